The van der Waals surface area contributed by atoms with Gasteiger partial charge in [-0.25, -0.2) is 19.4 Å². The Kier molecular flexibility index (Phi) is 13.1. The molecule has 0 fully saturated rings. The lowest BCUT2D eigenvalue weighted by Gasteiger charge is -2.21. The number of carbonyl (C=O) groups excluding carboxylic acids is 4. The van der Waals surface area contributed by atoms with Crippen molar-refractivity contribution in [2.45, 2.75) is 72.4 Å². The summed E-state index contributed by atoms with van der Waals surface area (Å²) in [6, 6.07) is 6.03. The van der Waals surface area contributed by atoms with Gasteiger partial charge in [-0.2, -0.15) is 0 Å². The van der Waals surface area contributed by atoms with Crippen LogP contribution in [0.2, 0.25) is 0 Å². The van der Waals surface area contributed by atoms with Gasteiger partial charge in [-0.15, -0.1) is 0 Å². The lowest BCUT2D eigenvalue weighted by molar-refractivity contribution is -0.163. The van der Waals surface area contributed by atoms with E-state index in [1.165, 1.54) is 12.1 Å². The number of pyridine rings is 1. The molecule has 0 aliphatic rings. The number of amides is 1. The second-order valence-corrected chi connectivity index (χ2v) is 11.7. The Morgan fingerprint density at radius 2 is 1.51 bits per heavy atom. The Hall–Kier alpha value is -4.01. The smallest absolute Gasteiger partial charge is 0.407 e. The second-order valence-electron chi connectivity index (χ2n) is 11.7. The van der Waals surface area contributed by atoms with Gasteiger partial charge in [0.15, 0.2) is 6.10 Å². The number of esters is 3. The first kappa shape index (κ1) is 35.2. The number of nitrogens with zero attached hydrogens (tertiary/aromatic N) is 1. The van der Waals surface area contributed by atoms with Crippen molar-refractivity contribution in [2.75, 3.05) is 26.4 Å². The molecule has 0 spiro atoms. The van der Waals surface area contributed by atoms with Crippen LogP contribution in [0.25, 0.3) is 0 Å². The van der Waals surface area contributed by atoms with E-state index in [-0.39, 0.29) is 29.9 Å². The highest BCUT2D eigenvalue weighted by molar-refractivity contribution is 5.91. The van der Waals surface area contributed by atoms with Gasteiger partial charge in [0.1, 0.15) is 43.1 Å². The molecule has 1 amide bonds. The maximum atomic E-state index is 12.3. The lowest BCUT2D eigenvalue weighted by Crippen LogP contribution is -2.34. The van der Waals surface area contributed by atoms with Crippen LogP contribution in [0.3, 0.4) is 0 Å². The quantitative estimate of drug-likeness (QED) is 0.180. The van der Waals surface area contributed by atoms with Crippen molar-refractivity contribution < 1.29 is 52.8 Å². The molecule has 238 valence electrons. The molecule has 2 atom stereocenters. The zero-order valence-corrected chi connectivity index (χ0v) is 25.3. The number of hydrogen-bond donors (Lipinski definition) is 4. The Morgan fingerprint density at radius 3 is 2.09 bits per heavy atom. The molecule has 2 heterocycles. The fraction of sp³-hybridized carbons (Fsp3) is 0.552. The number of carbonyl (C=O) groups is 4. The van der Waals surface area contributed by atoms with Crippen molar-refractivity contribution in [2.24, 2.45) is 5.41 Å². The van der Waals surface area contributed by atoms with Gasteiger partial charge in [0.25, 0.3) is 0 Å². The average molecular weight is 608 g/mol. The van der Waals surface area contributed by atoms with Crippen molar-refractivity contribution in [1.82, 2.24) is 15.6 Å². The van der Waals surface area contributed by atoms with Crippen molar-refractivity contribution in [3.8, 4) is 0 Å². The summed E-state index contributed by atoms with van der Waals surface area (Å²) in [5, 5.41) is 25.2. The molecule has 2 aromatic heterocycles. The first-order chi connectivity index (χ1) is 20.1. The molecule has 0 saturated heterocycles. The highest BCUT2D eigenvalue weighted by Gasteiger charge is 2.27. The van der Waals surface area contributed by atoms with Crippen LogP contribution in [0.1, 0.15) is 73.9 Å². The van der Waals surface area contributed by atoms with Crippen molar-refractivity contribution in [1.29, 1.82) is 0 Å². The standard InChI is InChI=1S/C29H41N3O11/c1-28(2,3)26(37)43-22(14-33)17-40-24(35)18-7-10-23(30-11-18)25(36)39-15-19(34)16-41-27(38)31-12-20-8-9-21(42-20)13-32-29(4,5)6/h7-11,19,22,32-34H,12-17H2,1-6H3,(H,31,38). The molecule has 2 aromatic rings. The summed E-state index contributed by atoms with van der Waals surface area (Å²) < 4.78 is 25.7. The van der Waals surface area contributed by atoms with Gasteiger partial charge in [0.05, 0.1) is 30.7 Å². The topological polar surface area (TPSA) is 196 Å². The molecule has 14 heteroatoms. The summed E-state index contributed by atoms with van der Waals surface area (Å²) in [6.07, 6.45) is -2.04. The molecular formula is C29H41N3O11. The van der Waals surface area contributed by atoms with E-state index in [4.69, 9.17) is 23.4 Å². The Bertz CT molecular complexity index is 1210. The number of rotatable bonds is 14. The van der Waals surface area contributed by atoms with Crippen LogP contribution in [-0.2, 0) is 36.8 Å². The number of aromatic nitrogens is 1. The minimum absolute atomic E-state index is 0.00202. The SMILES string of the molecule is CC(C)(C)NCc1ccc(CNC(=O)OCC(O)COC(=O)c2ccc(C(=O)OCC(CO)OC(=O)C(C)(C)C)cn2)o1. The highest BCUT2D eigenvalue weighted by Crippen LogP contribution is 2.17. The summed E-state index contributed by atoms with van der Waals surface area (Å²) in [6.45, 7) is 9.84. The van der Waals surface area contributed by atoms with Gasteiger partial charge in [0, 0.05) is 11.7 Å². The first-order valence-electron chi connectivity index (χ1n) is 13.6. The number of furan rings is 1. The van der Waals surface area contributed by atoms with E-state index in [0.717, 1.165) is 6.20 Å². The fourth-order valence-electron chi connectivity index (χ4n) is 2.98. The van der Waals surface area contributed by atoms with Crippen LogP contribution in [0.4, 0.5) is 4.79 Å². The van der Waals surface area contributed by atoms with Crippen molar-refractivity contribution in [3.63, 3.8) is 0 Å². The average Bonchev–Trinajstić information content (AvgIpc) is 3.41. The molecule has 0 radical (unpaired) electrons. The number of nitrogens with one attached hydrogen (secondary N) is 2. The van der Waals surface area contributed by atoms with E-state index >= 15 is 0 Å². The van der Waals surface area contributed by atoms with Crippen molar-refractivity contribution >= 4 is 24.0 Å². The largest absolute Gasteiger partial charge is 0.463 e. The maximum absolute atomic E-state index is 12.3. The van der Waals surface area contributed by atoms with Crippen molar-refractivity contribution in [3.05, 3.63) is 53.2 Å². The first-order valence-corrected chi connectivity index (χ1v) is 13.6. The molecular weight excluding hydrogens is 566 g/mol. The monoisotopic (exact) mass is 607 g/mol. The number of hydrogen-bond acceptors (Lipinski definition) is 13. The maximum Gasteiger partial charge on any atom is 0.407 e. The fourth-order valence-corrected chi connectivity index (χ4v) is 2.98. The summed E-state index contributed by atoms with van der Waals surface area (Å²) in [5.41, 5.74) is -1.01. The number of aliphatic hydroxyl groups excluding tert-OH is 2. The zero-order chi connectivity index (χ0) is 32.2. The minimum Gasteiger partial charge on any atom is -0.463 e. The van der Waals surface area contributed by atoms with Crippen LogP contribution in [0.15, 0.2) is 34.9 Å². The van der Waals surface area contributed by atoms with E-state index in [2.05, 4.69) is 15.6 Å². The Balaban J connectivity index is 1.70. The summed E-state index contributed by atoms with van der Waals surface area (Å²) in [7, 11) is 0. The normalized spacial score (nSPS) is 13.0. The molecule has 0 aliphatic heterocycles. The second kappa shape index (κ2) is 16.0. The lowest BCUT2D eigenvalue weighted by atomic mass is 9.97. The van der Waals surface area contributed by atoms with E-state index in [1.807, 2.05) is 20.8 Å². The summed E-state index contributed by atoms with van der Waals surface area (Å²) in [5.74, 6) is -1.01. The predicted octanol–water partition coefficient (Wildman–Crippen LogP) is 2.11. The predicted molar refractivity (Wildman–Crippen MR) is 151 cm³/mol. The number of alkyl carbamates (subject to hydrolysis) is 1. The zero-order valence-electron chi connectivity index (χ0n) is 25.3. The van der Waals surface area contributed by atoms with Gasteiger partial charge in [-0.3, -0.25) is 4.79 Å². The molecule has 0 saturated carbocycles. The molecule has 43 heavy (non-hydrogen) atoms. The van der Waals surface area contributed by atoms with Gasteiger partial charge >= 0.3 is 24.0 Å². The number of aliphatic hydroxyl groups is 2. The molecule has 0 aliphatic carbocycles. The Labute approximate surface area is 250 Å². The molecule has 0 bridgehead atoms. The molecule has 0 aromatic carbocycles. The van der Waals surface area contributed by atoms with E-state index in [9.17, 15) is 29.4 Å². The third-order valence-corrected chi connectivity index (χ3v) is 5.43. The molecule has 2 rings (SSSR count). The minimum atomic E-state index is -1.30. The molecule has 14 nitrogen and oxygen atoms in total. The van der Waals surface area contributed by atoms with E-state index in [0.29, 0.717) is 18.1 Å². The van der Waals surface area contributed by atoms with Crippen LogP contribution >= 0.6 is 0 Å². The number of ether oxygens (including phenoxy) is 4. The summed E-state index contributed by atoms with van der Waals surface area (Å²) in [4.78, 5) is 52.3. The molecule has 4 N–H and O–H groups in total. The van der Waals surface area contributed by atoms with Gasteiger partial charge in [-0.1, -0.05) is 0 Å². The van der Waals surface area contributed by atoms with Gasteiger partial charge in [0.2, 0.25) is 0 Å². The Morgan fingerprint density at radius 1 is 0.884 bits per heavy atom. The van der Waals surface area contributed by atoms with Crippen LogP contribution in [0.5, 0.6) is 0 Å². The van der Waals surface area contributed by atoms with Crippen LogP contribution in [0, 0.1) is 5.41 Å². The van der Waals surface area contributed by atoms with Gasteiger partial charge < -0.3 is 44.2 Å². The third-order valence-electron chi connectivity index (χ3n) is 5.43. The third kappa shape index (κ3) is 13.2. The van der Waals surface area contributed by atoms with E-state index in [1.54, 1.807) is 32.9 Å². The molecule has 2 unspecified atom stereocenters. The van der Waals surface area contributed by atoms with E-state index < -0.39 is 61.4 Å². The highest BCUT2D eigenvalue weighted by atomic mass is 16.6. The van der Waals surface area contributed by atoms with Gasteiger partial charge in [-0.05, 0) is 65.8 Å². The van der Waals surface area contributed by atoms with Crippen LogP contribution < -0.4 is 10.6 Å². The summed E-state index contributed by atoms with van der Waals surface area (Å²) >= 11 is 0. The van der Waals surface area contributed by atoms with Crippen LogP contribution in [-0.4, -0.2) is 83.4 Å².